The van der Waals surface area contributed by atoms with Crippen molar-refractivity contribution in [3.8, 4) is 0 Å². The number of hydrogen-bond acceptors (Lipinski definition) is 4. The highest BCUT2D eigenvalue weighted by Gasteiger charge is 2.16. The first-order chi connectivity index (χ1) is 13.1. The second kappa shape index (κ2) is 9.14. The smallest absolute Gasteiger partial charge is 0.306 e. The summed E-state index contributed by atoms with van der Waals surface area (Å²) in [6, 6.07) is 8.79. The third-order valence-corrected chi connectivity index (χ3v) is 5.68. The van der Waals surface area contributed by atoms with Crippen molar-refractivity contribution in [3.05, 3.63) is 75.2 Å². The number of allylic oxidation sites excluding steroid dienone is 5. The molecule has 0 atom stereocenters. The molecule has 142 valence electrons. The highest BCUT2D eigenvalue weighted by atomic mass is 32.2. The molecule has 0 amide bonds. The van der Waals surface area contributed by atoms with Gasteiger partial charge in [-0.1, -0.05) is 73.7 Å². The molecule has 27 heavy (non-hydrogen) atoms. The van der Waals surface area contributed by atoms with Crippen molar-refractivity contribution in [2.75, 3.05) is 6.61 Å². The SMILES string of the molecule is CCOC(=O)CCC1=CCC(=C2NC(c3ccc(C(C)C)cc3)=CS2)C=C1. The molecule has 1 aromatic rings. The second-order valence-corrected chi connectivity index (χ2v) is 7.91. The lowest BCUT2D eigenvalue weighted by Gasteiger charge is -2.13. The van der Waals surface area contributed by atoms with Crippen LogP contribution in [0.3, 0.4) is 0 Å². The average molecular weight is 382 g/mol. The highest BCUT2D eigenvalue weighted by molar-refractivity contribution is 8.06. The minimum atomic E-state index is -0.124. The van der Waals surface area contributed by atoms with Crippen LogP contribution in [0.15, 0.2) is 64.1 Å². The number of hydrogen-bond donors (Lipinski definition) is 1. The molecule has 0 saturated heterocycles. The molecule has 4 heteroatoms. The van der Waals surface area contributed by atoms with Gasteiger partial charge in [0.05, 0.1) is 17.3 Å². The molecule has 0 fully saturated rings. The molecule has 0 aromatic heterocycles. The molecule has 3 rings (SSSR count). The van der Waals surface area contributed by atoms with E-state index >= 15 is 0 Å². The largest absolute Gasteiger partial charge is 0.466 e. The van der Waals surface area contributed by atoms with E-state index in [2.05, 4.69) is 67.1 Å². The predicted molar refractivity (Wildman–Crippen MR) is 114 cm³/mol. The summed E-state index contributed by atoms with van der Waals surface area (Å²) in [4.78, 5) is 11.5. The Labute approximate surface area is 166 Å². The van der Waals surface area contributed by atoms with Crippen molar-refractivity contribution in [2.24, 2.45) is 0 Å². The molecule has 1 aliphatic carbocycles. The Balaban J connectivity index is 1.57. The minimum Gasteiger partial charge on any atom is -0.466 e. The molecule has 0 unspecified atom stereocenters. The fourth-order valence-corrected chi connectivity index (χ4v) is 3.96. The van der Waals surface area contributed by atoms with Gasteiger partial charge in [0.15, 0.2) is 0 Å². The van der Waals surface area contributed by atoms with Crippen LogP contribution in [0.5, 0.6) is 0 Å². The molecular weight excluding hydrogens is 354 g/mol. The lowest BCUT2D eigenvalue weighted by Crippen LogP contribution is -2.07. The van der Waals surface area contributed by atoms with Crippen molar-refractivity contribution in [1.29, 1.82) is 0 Å². The van der Waals surface area contributed by atoms with E-state index in [9.17, 15) is 4.79 Å². The number of ether oxygens (including phenoxy) is 1. The minimum absolute atomic E-state index is 0.124. The molecule has 0 bridgehead atoms. The molecule has 3 nitrogen and oxygen atoms in total. The maximum atomic E-state index is 11.5. The van der Waals surface area contributed by atoms with Crippen LogP contribution in [-0.4, -0.2) is 12.6 Å². The lowest BCUT2D eigenvalue weighted by atomic mass is 9.99. The third kappa shape index (κ3) is 5.16. The van der Waals surface area contributed by atoms with Crippen molar-refractivity contribution in [1.82, 2.24) is 5.32 Å². The average Bonchev–Trinajstić information content (AvgIpc) is 3.17. The molecular formula is C23H27NO2S. The van der Waals surface area contributed by atoms with Crippen LogP contribution >= 0.6 is 11.8 Å². The first-order valence-electron chi connectivity index (χ1n) is 9.57. The van der Waals surface area contributed by atoms with Gasteiger partial charge in [0, 0.05) is 11.8 Å². The molecule has 0 saturated carbocycles. The lowest BCUT2D eigenvalue weighted by molar-refractivity contribution is -0.143. The number of thioether (sulfide) groups is 1. The van der Waals surface area contributed by atoms with Gasteiger partial charge in [-0.2, -0.15) is 0 Å². The van der Waals surface area contributed by atoms with Gasteiger partial charge >= 0.3 is 5.97 Å². The van der Waals surface area contributed by atoms with Gasteiger partial charge in [-0.05, 0) is 42.4 Å². The van der Waals surface area contributed by atoms with E-state index in [1.165, 1.54) is 27.3 Å². The van der Waals surface area contributed by atoms with Gasteiger partial charge < -0.3 is 10.1 Å². The second-order valence-electron chi connectivity index (χ2n) is 7.03. The van der Waals surface area contributed by atoms with Crippen molar-refractivity contribution in [2.45, 2.75) is 46.0 Å². The number of nitrogens with one attached hydrogen (secondary N) is 1. The zero-order valence-electron chi connectivity index (χ0n) is 16.2. The zero-order valence-corrected chi connectivity index (χ0v) is 17.1. The maximum Gasteiger partial charge on any atom is 0.306 e. The molecule has 1 heterocycles. The Morgan fingerprint density at radius 1 is 1.22 bits per heavy atom. The van der Waals surface area contributed by atoms with Gasteiger partial charge in [0.25, 0.3) is 0 Å². The number of rotatable bonds is 6. The van der Waals surface area contributed by atoms with E-state index in [-0.39, 0.29) is 5.97 Å². The Bertz CT molecular complexity index is 813. The van der Waals surface area contributed by atoms with Crippen molar-refractivity contribution < 1.29 is 9.53 Å². The summed E-state index contributed by atoms with van der Waals surface area (Å²) in [6.07, 6.45) is 8.55. The number of benzene rings is 1. The molecule has 1 N–H and O–H groups in total. The standard InChI is InChI=1S/C23H27NO2S/c1-4-26-22(25)14-7-17-5-8-20(9-6-17)23-24-21(15-27-23)19-12-10-18(11-13-19)16(2)3/h5-6,8,10-13,15-16,24H,4,7,9,14H2,1-3H3. The van der Waals surface area contributed by atoms with Crippen LogP contribution in [-0.2, 0) is 9.53 Å². The quantitative estimate of drug-likeness (QED) is 0.624. The van der Waals surface area contributed by atoms with Gasteiger partial charge in [0.2, 0.25) is 0 Å². The summed E-state index contributed by atoms with van der Waals surface area (Å²) in [6.45, 7) is 6.71. The van der Waals surface area contributed by atoms with Gasteiger partial charge in [-0.15, -0.1) is 0 Å². The third-order valence-electron chi connectivity index (χ3n) is 4.73. The van der Waals surface area contributed by atoms with Crippen LogP contribution in [0.1, 0.15) is 57.1 Å². The van der Waals surface area contributed by atoms with Crippen LogP contribution in [0.2, 0.25) is 0 Å². The first-order valence-corrected chi connectivity index (χ1v) is 10.4. The molecule has 1 aliphatic heterocycles. The van der Waals surface area contributed by atoms with Crippen molar-refractivity contribution >= 4 is 23.4 Å². The fourth-order valence-electron chi connectivity index (χ4n) is 3.06. The molecule has 0 radical (unpaired) electrons. The first kappa shape index (κ1) is 19.6. The Kier molecular flexibility index (Phi) is 6.62. The zero-order chi connectivity index (χ0) is 19.2. The normalized spacial score (nSPS) is 19.0. The summed E-state index contributed by atoms with van der Waals surface area (Å²) < 4.78 is 4.99. The summed E-state index contributed by atoms with van der Waals surface area (Å²) >= 11 is 1.74. The maximum absolute atomic E-state index is 11.5. The Morgan fingerprint density at radius 2 is 2.00 bits per heavy atom. The number of carbonyl (C=O) groups excluding carboxylic acids is 1. The van der Waals surface area contributed by atoms with Crippen LogP contribution < -0.4 is 5.32 Å². The van der Waals surface area contributed by atoms with Crippen molar-refractivity contribution in [3.63, 3.8) is 0 Å². The Hall–Kier alpha value is -2.20. The van der Waals surface area contributed by atoms with E-state index in [1.807, 2.05) is 6.92 Å². The van der Waals surface area contributed by atoms with E-state index in [0.29, 0.717) is 18.9 Å². The monoisotopic (exact) mass is 381 g/mol. The van der Waals surface area contributed by atoms with Crippen LogP contribution in [0.25, 0.3) is 5.70 Å². The van der Waals surface area contributed by atoms with Gasteiger partial charge in [-0.3, -0.25) is 4.79 Å². The molecule has 0 spiro atoms. The summed E-state index contributed by atoms with van der Waals surface area (Å²) in [5.74, 6) is 0.426. The fraction of sp³-hybridized carbons (Fsp3) is 0.348. The van der Waals surface area contributed by atoms with Crippen LogP contribution in [0, 0.1) is 0 Å². The summed E-state index contributed by atoms with van der Waals surface area (Å²) in [7, 11) is 0. The van der Waals surface area contributed by atoms with Gasteiger partial charge in [-0.25, -0.2) is 0 Å². The van der Waals surface area contributed by atoms with E-state index in [1.54, 1.807) is 11.8 Å². The summed E-state index contributed by atoms with van der Waals surface area (Å²) in [5, 5.41) is 6.93. The van der Waals surface area contributed by atoms with Gasteiger partial charge in [0.1, 0.15) is 0 Å². The highest BCUT2D eigenvalue weighted by Crippen LogP contribution is 2.35. The van der Waals surface area contributed by atoms with Crippen LogP contribution in [0.4, 0.5) is 0 Å². The number of esters is 1. The summed E-state index contributed by atoms with van der Waals surface area (Å²) in [5.41, 5.74) is 6.22. The van der Waals surface area contributed by atoms with E-state index in [0.717, 1.165) is 18.5 Å². The Morgan fingerprint density at radius 3 is 2.63 bits per heavy atom. The molecule has 1 aromatic carbocycles. The predicted octanol–water partition coefficient (Wildman–Crippen LogP) is 5.89. The van der Waals surface area contributed by atoms with E-state index in [4.69, 9.17) is 4.74 Å². The topological polar surface area (TPSA) is 38.3 Å². The van der Waals surface area contributed by atoms with E-state index < -0.39 is 0 Å². The number of carbonyl (C=O) groups is 1. The molecule has 2 aliphatic rings.